The number of Topliss-reactive ketones (excluding diaryl/α,β-unsaturated/α-hetero) is 1. The second-order valence-corrected chi connectivity index (χ2v) is 5.73. The Hall–Kier alpha value is -2.67. The van der Waals surface area contributed by atoms with E-state index in [1.54, 1.807) is 0 Å². The molecule has 1 unspecified atom stereocenters. The topological polar surface area (TPSA) is 17.1 Å². The minimum atomic E-state index is -0.0613. The second-order valence-electron chi connectivity index (χ2n) is 5.73. The molecule has 0 fully saturated rings. The summed E-state index contributed by atoms with van der Waals surface area (Å²) in [4.78, 5) is 12.8. The van der Waals surface area contributed by atoms with Gasteiger partial charge >= 0.3 is 0 Å². The van der Waals surface area contributed by atoms with Crippen LogP contribution in [0.5, 0.6) is 0 Å². The van der Waals surface area contributed by atoms with E-state index in [1.807, 2.05) is 48.5 Å². The average molecular weight is 284 g/mol. The SMILES string of the molecule is O=C1c2ccccc2CC1c1ccccc1-c1ccccc1. The summed E-state index contributed by atoms with van der Waals surface area (Å²) in [6.45, 7) is 0. The Morgan fingerprint density at radius 3 is 2.09 bits per heavy atom. The number of fused-ring (bicyclic) bond motifs is 1. The van der Waals surface area contributed by atoms with Crippen molar-refractivity contribution in [1.29, 1.82) is 0 Å². The number of ketones is 1. The van der Waals surface area contributed by atoms with Gasteiger partial charge in [0.05, 0.1) is 5.92 Å². The van der Waals surface area contributed by atoms with E-state index in [9.17, 15) is 4.79 Å². The predicted octanol–water partition coefficient (Wildman–Crippen LogP) is 4.88. The molecular formula is C21H16O. The molecule has 4 rings (SSSR count). The van der Waals surface area contributed by atoms with Crippen LogP contribution in [0.25, 0.3) is 11.1 Å². The van der Waals surface area contributed by atoms with Crippen LogP contribution in [0.3, 0.4) is 0 Å². The maximum absolute atomic E-state index is 12.8. The van der Waals surface area contributed by atoms with E-state index in [1.165, 1.54) is 11.1 Å². The van der Waals surface area contributed by atoms with E-state index in [-0.39, 0.29) is 11.7 Å². The minimum absolute atomic E-state index is 0.0613. The molecule has 0 aliphatic heterocycles. The van der Waals surface area contributed by atoms with E-state index in [0.29, 0.717) is 0 Å². The van der Waals surface area contributed by atoms with Crippen molar-refractivity contribution in [1.82, 2.24) is 0 Å². The molecule has 0 bridgehead atoms. The molecule has 22 heavy (non-hydrogen) atoms. The summed E-state index contributed by atoms with van der Waals surface area (Å²) < 4.78 is 0. The van der Waals surface area contributed by atoms with E-state index in [2.05, 4.69) is 30.3 Å². The monoisotopic (exact) mass is 284 g/mol. The Balaban J connectivity index is 1.81. The molecule has 0 spiro atoms. The largest absolute Gasteiger partial charge is 0.293 e. The van der Waals surface area contributed by atoms with Crippen molar-refractivity contribution in [3.63, 3.8) is 0 Å². The molecule has 0 saturated carbocycles. The summed E-state index contributed by atoms with van der Waals surface area (Å²) in [5.74, 6) is 0.188. The summed E-state index contributed by atoms with van der Waals surface area (Å²) in [5, 5.41) is 0. The summed E-state index contributed by atoms with van der Waals surface area (Å²) in [5.41, 5.74) is 5.52. The molecule has 1 atom stereocenters. The zero-order chi connectivity index (χ0) is 14.9. The minimum Gasteiger partial charge on any atom is -0.293 e. The van der Waals surface area contributed by atoms with Gasteiger partial charge in [-0.1, -0.05) is 78.9 Å². The second kappa shape index (κ2) is 5.27. The van der Waals surface area contributed by atoms with Crippen LogP contribution in [0.4, 0.5) is 0 Å². The van der Waals surface area contributed by atoms with Gasteiger partial charge < -0.3 is 0 Å². The van der Waals surface area contributed by atoms with Crippen molar-refractivity contribution >= 4 is 5.78 Å². The van der Waals surface area contributed by atoms with Gasteiger partial charge in [-0.3, -0.25) is 4.79 Å². The number of carbonyl (C=O) groups excluding carboxylic acids is 1. The Labute approximate surface area is 130 Å². The zero-order valence-corrected chi connectivity index (χ0v) is 12.2. The molecule has 3 aromatic carbocycles. The number of hydrogen-bond donors (Lipinski definition) is 0. The normalized spacial score (nSPS) is 16.5. The van der Waals surface area contributed by atoms with Crippen LogP contribution >= 0.6 is 0 Å². The molecule has 1 aliphatic rings. The molecule has 1 heteroatoms. The summed E-state index contributed by atoms with van der Waals surface area (Å²) in [6.07, 6.45) is 0.804. The lowest BCUT2D eigenvalue weighted by atomic mass is 9.88. The summed E-state index contributed by atoms with van der Waals surface area (Å²) in [6, 6.07) is 26.5. The first-order chi connectivity index (χ1) is 10.8. The van der Waals surface area contributed by atoms with E-state index >= 15 is 0 Å². The number of rotatable bonds is 2. The molecule has 3 aromatic rings. The Morgan fingerprint density at radius 2 is 1.32 bits per heavy atom. The van der Waals surface area contributed by atoms with E-state index < -0.39 is 0 Å². The van der Waals surface area contributed by atoms with Gasteiger partial charge in [0.25, 0.3) is 0 Å². The maximum Gasteiger partial charge on any atom is 0.170 e. The quantitative estimate of drug-likeness (QED) is 0.655. The number of benzene rings is 3. The third kappa shape index (κ3) is 2.06. The highest BCUT2D eigenvalue weighted by Gasteiger charge is 2.32. The van der Waals surface area contributed by atoms with Crippen molar-refractivity contribution < 1.29 is 4.79 Å². The van der Waals surface area contributed by atoms with Crippen LogP contribution in [0, 0.1) is 0 Å². The highest BCUT2D eigenvalue weighted by atomic mass is 16.1. The number of hydrogen-bond acceptors (Lipinski definition) is 1. The first-order valence-corrected chi connectivity index (χ1v) is 7.61. The van der Waals surface area contributed by atoms with Crippen molar-refractivity contribution in [3.8, 4) is 11.1 Å². The third-order valence-electron chi connectivity index (χ3n) is 4.44. The van der Waals surface area contributed by atoms with Gasteiger partial charge in [0, 0.05) is 5.56 Å². The summed E-state index contributed by atoms with van der Waals surface area (Å²) in [7, 11) is 0. The summed E-state index contributed by atoms with van der Waals surface area (Å²) >= 11 is 0. The molecule has 0 saturated heterocycles. The van der Waals surface area contributed by atoms with Crippen LogP contribution in [0.15, 0.2) is 78.9 Å². The fourth-order valence-electron chi connectivity index (χ4n) is 3.37. The van der Waals surface area contributed by atoms with Gasteiger partial charge in [-0.15, -0.1) is 0 Å². The van der Waals surface area contributed by atoms with Crippen molar-refractivity contribution in [2.24, 2.45) is 0 Å². The predicted molar refractivity (Wildman–Crippen MR) is 89.1 cm³/mol. The highest BCUT2D eigenvalue weighted by molar-refractivity contribution is 6.06. The lowest BCUT2D eigenvalue weighted by Crippen LogP contribution is -2.08. The molecule has 0 aromatic heterocycles. The third-order valence-corrected chi connectivity index (χ3v) is 4.44. The van der Waals surface area contributed by atoms with E-state index in [0.717, 1.165) is 23.1 Å². The molecule has 0 N–H and O–H groups in total. The molecule has 106 valence electrons. The van der Waals surface area contributed by atoms with Gasteiger partial charge in [0.2, 0.25) is 0 Å². The van der Waals surface area contributed by atoms with Crippen LogP contribution in [-0.4, -0.2) is 5.78 Å². The van der Waals surface area contributed by atoms with Gasteiger partial charge in [-0.25, -0.2) is 0 Å². The molecule has 0 heterocycles. The Morgan fingerprint density at radius 1 is 0.682 bits per heavy atom. The number of carbonyl (C=O) groups is 1. The zero-order valence-electron chi connectivity index (χ0n) is 12.2. The highest BCUT2D eigenvalue weighted by Crippen LogP contribution is 2.38. The van der Waals surface area contributed by atoms with Crippen molar-refractivity contribution in [2.45, 2.75) is 12.3 Å². The van der Waals surface area contributed by atoms with Gasteiger partial charge in [-0.2, -0.15) is 0 Å². The standard InChI is InChI=1S/C21H16O/c22-21-18-12-5-4-10-16(18)14-20(21)19-13-7-6-11-17(19)15-8-2-1-3-9-15/h1-13,20H,14H2. The molecule has 1 nitrogen and oxygen atoms in total. The van der Waals surface area contributed by atoms with Crippen molar-refractivity contribution in [2.75, 3.05) is 0 Å². The molecule has 0 radical (unpaired) electrons. The average Bonchev–Trinajstić information content (AvgIpc) is 2.93. The first-order valence-electron chi connectivity index (χ1n) is 7.61. The lowest BCUT2D eigenvalue weighted by Gasteiger charge is -2.14. The van der Waals surface area contributed by atoms with Gasteiger partial charge in [-0.05, 0) is 28.7 Å². The van der Waals surface area contributed by atoms with Crippen LogP contribution < -0.4 is 0 Å². The van der Waals surface area contributed by atoms with Crippen LogP contribution in [0.1, 0.15) is 27.4 Å². The molecule has 0 amide bonds. The Bertz CT molecular complexity index is 833. The maximum atomic E-state index is 12.8. The smallest absolute Gasteiger partial charge is 0.170 e. The van der Waals surface area contributed by atoms with E-state index in [4.69, 9.17) is 0 Å². The Kier molecular flexibility index (Phi) is 3.12. The van der Waals surface area contributed by atoms with Gasteiger partial charge in [0.1, 0.15) is 0 Å². The van der Waals surface area contributed by atoms with Crippen LogP contribution in [-0.2, 0) is 6.42 Å². The fourth-order valence-corrected chi connectivity index (χ4v) is 3.37. The molecule has 1 aliphatic carbocycles. The van der Waals surface area contributed by atoms with Gasteiger partial charge in [0.15, 0.2) is 5.78 Å². The first kappa shape index (κ1) is 13.0. The lowest BCUT2D eigenvalue weighted by molar-refractivity contribution is 0.0973. The van der Waals surface area contributed by atoms with Crippen LogP contribution in [0.2, 0.25) is 0 Å². The molecular weight excluding hydrogens is 268 g/mol. The fraction of sp³-hybridized carbons (Fsp3) is 0.0952. The van der Waals surface area contributed by atoms with Crippen molar-refractivity contribution in [3.05, 3.63) is 95.6 Å².